The Morgan fingerprint density at radius 3 is 1.69 bits per heavy atom. The molecule has 0 atom stereocenters. The molecule has 0 spiro atoms. The van der Waals surface area contributed by atoms with Crippen molar-refractivity contribution in [3.05, 3.63) is 58.7 Å². The first kappa shape index (κ1) is 19.7. The fourth-order valence-corrected chi connectivity index (χ4v) is 3.79. The van der Waals surface area contributed by atoms with Crippen molar-refractivity contribution in [3.63, 3.8) is 0 Å². The van der Waals surface area contributed by atoms with E-state index in [2.05, 4.69) is 41.5 Å². The molecule has 32 heavy (non-hydrogen) atoms. The van der Waals surface area contributed by atoms with Crippen molar-refractivity contribution in [2.45, 2.75) is 25.9 Å². The number of hydrogen-bond donors (Lipinski definition) is 5. The number of benzene rings is 2. The van der Waals surface area contributed by atoms with E-state index in [0.29, 0.717) is 43.8 Å². The first-order chi connectivity index (χ1) is 15.6. The number of nitrogens with zero attached hydrogens (tertiary/aromatic N) is 3. The van der Waals surface area contributed by atoms with Crippen molar-refractivity contribution in [1.29, 1.82) is 0 Å². The standard InChI is InChI=1S/C22H22N8O2/c1-23-20-28-21(24-10-12-2-4-16-14(6-12)8-18(31)26-16)30-22(29-20)25-11-13-3-5-17-15(7-13)9-19(32)27-17/h2-7H,8-11H2,1H3,(H,26,31)(H,27,32)(H3,23,24,25,28,29,30). The summed E-state index contributed by atoms with van der Waals surface area (Å²) < 4.78 is 0. The van der Waals surface area contributed by atoms with E-state index in [1.54, 1.807) is 7.05 Å². The predicted octanol–water partition coefficient (Wildman–Crippen LogP) is 2.13. The number of aromatic nitrogens is 3. The van der Waals surface area contributed by atoms with E-state index in [9.17, 15) is 9.59 Å². The van der Waals surface area contributed by atoms with Gasteiger partial charge in [0.15, 0.2) is 0 Å². The lowest BCUT2D eigenvalue weighted by Crippen LogP contribution is -2.11. The van der Waals surface area contributed by atoms with Crippen LogP contribution in [0.15, 0.2) is 36.4 Å². The number of carbonyl (C=O) groups is 2. The number of anilines is 5. The molecule has 0 bridgehead atoms. The molecule has 162 valence electrons. The summed E-state index contributed by atoms with van der Waals surface area (Å²) in [5.41, 5.74) is 5.79. The Kier molecular flexibility index (Phi) is 5.02. The van der Waals surface area contributed by atoms with E-state index in [1.807, 2.05) is 36.4 Å². The van der Waals surface area contributed by atoms with Crippen LogP contribution in [0.2, 0.25) is 0 Å². The van der Waals surface area contributed by atoms with Crippen molar-refractivity contribution in [3.8, 4) is 0 Å². The summed E-state index contributed by atoms with van der Waals surface area (Å²) in [5, 5.41) is 15.1. The maximum atomic E-state index is 11.5. The molecule has 1 aromatic heterocycles. The summed E-state index contributed by atoms with van der Waals surface area (Å²) in [7, 11) is 1.75. The van der Waals surface area contributed by atoms with Crippen molar-refractivity contribution in [1.82, 2.24) is 15.0 Å². The molecule has 2 aliphatic heterocycles. The Balaban J connectivity index is 1.26. The summed E-state index contributed by atoms with van der Waals surface area (Å²) in [6.07, 6.45) is 0.805. The largest absolute Gasteiger partial charge is 0.357 e. The van der Waals surface area contributed by atoms with Gasteiger partial charge in [0.2, 0.25) is 29.7 Å². The van der Waals surface area contributed by atoms with Gasteiger partial charge in [-0.1, -0.05) is 24.3 Å². The Hall–Kier alpha value is -4.21. The zero-order chi connectivity index (χ0) is 22.1. The minimum Gasteiger partial charge on any atom is -0.357 e. The molecule has 0 radical (unpaired) electrons. The Morgan fingerprint density at radius 1 is 0.750 bits per heavy atom. The van der Waals surface area contributed by atoms with Crippen LogP contribution in [-0.4, -0.2) is 33.8 Å². The van der Waals surface area contributed by atoms with Gasteiger partial charge in [0.25, 0.3) is 0 Å². The fourth-order valence-electron chi connectivity index (χ4n) is 3.79. The summed E-state index contributed by atoms with van der Waals surface area (Å²) in [6.45, 7) is 1.03. The molecule has 5 N–H and O–H groups in total. The quantitative estimate of drug-likeness (QED) is 0.385. The minimum atomic E-state index is 0.0168. The summed E-state index contributed by atoms with van der Waals surface area (Å²) >= 11 is 0. The average Bonchev–Trinajstić information content (AvgIpc) is 3.35. The molecule has 0 saturated carbocycles. The lowest BCUT2D eigenvalue weighted by atomic mass is 10.1. The maximum Gasteiger partial charge on any atom is 0.229 e. The molecule has 10 heteroatoms. The van der Waals surface area contributed by atoms with E-state index >= 15 is 0 Å². The third-order valence-electron chi connectivity index (χ3n) is 5.35. The molecule has 0 unspecified atom stereocenters. The molecule has 0 aliphatic carbocycles. The van der Waals surface area contributed by atoms with Gasteiger partial charge in [0.05, 0.1) is 12.8 Å². The van der Waals surface area contributed by atoms with Gasteiger partial charge >= 0.3 is 0 Å². The molecule has 0 fully saturated rings. The van der Waals surface area contributed by atoms with Crippen LogP contribution < -0.4 is 26.6 Å². The van der Waals surface area contributed by atoms with Gasteiger partial charge in [-0.05, 0) is 34.4 Å². The Labute approximate surface area is 184 Å². The number of hydrogen-bond acceptors (Lipinski definition) is 8. The van der Waals surface area contributed by atoms with E-state index in [0.717, 1.165) is 33.6 Å². The Bertz CT molecular complexity index is 1140. The molecule has 2 amide bonds. The van der Waals surface area contributed by atoms with Crippen LogP contribution in [0.5, 0.6) is 0 Å². The first-order valence-corrected chi connectivity index (χ1v) is 10.3. The van der Waals surface area contributed by atoms with Gasteiger partial charge in [0, 0.05) is 31.5 Å². The molecular weight excluding hydrogens is 408 g/mol. The smallest absolute Gasteiger partial charge is 0.229 e. The molecule has 3 aromatic rings. The third kappa shape index (κ3) is 4.15. The van der Waals surface area contributed by atoms with Crippen LogP contribution in [0.1, 0.15) is 22.3 Å². The van der Waals surface area contributed by atoms with Crippen molar-refractivity contribution in [2.75, 3.05) is 33.6 Å². The van der Waals surface area contributed by atoms with Gasteiger partial charge in [-0.15, -0.1) is 0 Å². The monoisotopic (exact) mass is 430 g/mol. The summed E-state index contributed by atoms with van der Waals surface area (Å²) in [5.74, 6) is 1.35. The van der Waals surface area contributed by atoms with E-state index in [-0.39, 0.29) is 11.8 Å². The SMILES string of the molecule is CNc1nc(NCc2ccc3c(c2)CC(=O)N3)nc(NCc2ccc3c(c2)CC(=O)N3)n1. The second kappa shape index (κ2) is 8.14. The highest BCUT2D eigenvalue weighted by Gasteiger charge is 2.18. The molecule has 2 aromatic carbocycles. The van der Waals surface area contributed by atoms with Gasteiger partial charge in [-0.3, -0.25) is 9.59 Å². The highest BCUT2D eigenvalue weighted by molar-refractivity contribution is 5.99. The normalized spacial score (nSPS) is 13.8. The average molecular weight is 430 g/mol. The second-order valence-electron chi connectivity index (χ2n) is 7.70. The van der Waals surface area contributed by atoms with E-state index in [1.165, 1.54) is 0 Å². The van der Waals surface area contributed by atoms with Crippen molar-refractivity contribution >= 4 is 41.0 Å². The molecule has 3 heterocycles. The molecule has 10 nitrogen and oxygen atoms in total. The second-order valence-corrected chi connectivity index (χ2v) is 7.70. The topological polar surface area (TPSA) is 133 Å². The van der Waals surface area contributed by atoms with Crippen molar-refractivity contribution < 1.29 is 9.59 Å². The van der Waals surface area contributed by atoms with E-state index in [4.69, 9.17) is 0 Å². The third-order valence-corrected chi connectivity index (χ3v) is 5.35. The molecule has 2 aliphatic rings. The highest BCUT2D eigenvalue weighted by Crippen LogP contribution is 2.25. The fraction of sp³-hybridized carbons (Fsp3) is 0.227. The zero-order valence-corrected chi connectivity index (χ0v) is 17.5. The summed E-state index contributed by atoms with van der Waals surface area (Å²) in [6, 6.07) is 11.8. The van der Waals surface area contributed by atoms with E-state index < -0.39 is 0 Å². The minimum absolute atomic E-state index is 0.0168. The zero-order valence-electron chi connectivity index (χ0n) is 17.5. The van der Waals surface area contributed by atoms with Gasteiger partial charge in [0.1, 0.15) is 0 Å². The maximum absolute atomic E-state index is 11.5. The Morgan fingerprint density at radius 2 is 1.22 bits per heavy atom. The van der Waals surface area contributed by atoms with Crippen molar-refractivity contribution in [2.24, 2.45) is 0 Å². The van der Waals surface area contributed by atoms with Gasteiger partial charge in [-0.2, -0.15) is 15.0 Å². The van der Waals surface area contributed by atoms with Crippen LogP contribution in [0.25, 0.3) is 0 Å². The van der Waals surface area contributed by atoms with Crippen LogP contribution >= 0.6 is 0 Å². The summed E-state index contributed by atoms with van der Waals surface area (Å²) in [4.78, 5) is 36.3. The number of carbonyl (C=O) groups excluding carboxylic acids is 2. The van der Waals surface area contributed by atoms with Gasteiger partial charge < -0.3 is 26.6 Å². The van der Waals surface area contributed by atoms with Crippen LogP contribution in [0.4, 0.5) is 29.2 Å². The molecular formula is C22H22N8O2. The lowest BCUT2D eigenvalue weighted by molar-refractivity contribution is -0.115. The predicted molar refractivity (Wildman–Crippen MR) is 122 cm³/mol. The number of amides is 2. The molecule has 5 rings (SSSR count). The van der Waals surface area contributed by atoms with Crippen LogP contribution in [-0.2, 0) is 35.5 Å². The lowest BCUT2D eigenvalue weighted by Gasteiger charge is -2.11. The first-order valence-electron chi connectivity index (χ1n) is 10.3. The number of nitrogens with one attached hydrogen (secondary N) is 5. The van der Waals surface area contributed by atoms with Crippen LogP contribution in [0, 0.1) is 0 Å². The highest BCUT2D eigenvalue weighted by atomic mass is 16.2. The molecule has 0 saturated heterocycles. The number of fused-ring (bicyclic) bond motifs is 2. The van der Waals surface area contributed by atoms with Crippen LogP contribution in [0.3, 0.4) is 0 Å². The number of rotatable bonds is 7. The van der Waals surface area contributed by atoms with Gasteiger partial charge in [-0.25, -0.2) is 0 Å².